The van der Waals surface area contributed by atoms with Crippen molar-refractivity contribution in [2.24, 2.45) is 4.99 Å². The Morgan fingerprint density at radius 2 is 1.07 bits per heavy atom. The number of aliphatic imine (C=N–C) groups is 1. The first-order chi connectivity index (χ1) is 22.5. The van der Waals surface area contributed by atoms with E-state index in [0.29, 0.717) is 11.4 Å². The van der Waals surface area contributed by atoms with Crippen LogP contribution in [0.15, 0.2) is 46.8 Å². The lowest BCUT2D eigenvalue weighted by atomic mass is 10.0. The molecule has 2 aliphatic heterocycles. The topological polar surface area (TPSA) is 46.6 Å². The summed E-state index contributed by atoms with van der Waals surface area (Å²) in [4.78, 5) is 7.92. The highest BCUT2D eigenvalue weighted by Gasteiger charge is 2.39. The lowest BCUT2D eigenvalue weighted by Crippen LogP contribution is -2.34. The van der Waals surface area contributed by atoms with Gasteiger partial charge in [-0.1, -0.05) is 155 Å². The molecule has 0 radical (unpaired) electrons. The summed E-state index contributed by atoms with van der Waals surface area (Å²) in [7, 11) is -4.46. The normalized spacial score (nSPS) is 17.2. The Balaban J connectivity index is 1.34. The maximum Gasteiger partial charge on any atom is 0.726 e. The molecule has 0 amide bonds. The van der Waals surface area contributed by atoms with Gasteiger partial charge in [-0.2, -0.15) is 0 Å². The molecule has 3 heterocycles. The van der Waals surface area contributed by atoms with Crippen molar-refractivity contribution in [3.63, 3.8) is 0 Å². The van der Waals surface area contributed by atoms with Gasteiger partial charge in [-0.15, -0.1) is 0 Å². The average Bonchev–Trinajstić information content (AvgIpc) is 3.72. The summed E-state index contributed by atoms with van der Waals surface area (Å²) in [5, 5.41) is 0. The smallest absolute Gasteiger partial charge is 0.626 e. The van der Waals surface area contributed by atoms with Gasteiger partial charge in [-0.05, 0) is 50.0 Å². The van der Waals surface area contributed by atoms with Crippen molar-refractivity contribution in [3.8, 4) is 0 Å². The maximum absolute atomic E-state index is 14.5. The molecule has 0 spiro atoms. The van der Waals surface area contributed by atoms with Crippen LogP contribution in [0.2, 0.25) is 0 Å². The summed E-state index contributed by atoms with van der Waals surface area (Å²) in [5.74, 6) is 0.182. The van der Waals surface area contributed by atoms with Gasteiger partial charge >= 0.3 is 7.11 Å². The number of hydrogen-bond donors (Lipinski definition) is 1. The largest absolute Gasteiger partial charge is 0.726 e. The minimum atomic E-state index is -4.46. The van der Waals surface area contributed by atoms with E-state index in [1.165, 1.54) is 141 Å². The molecule has 0 unspecified atom stereocenters. The van der Waals surface area contributed by atoms with Crippen molar-refractivity contribution in [2.75, 3.05) is 0 Å². The van der Waals surface area contributed by atoms with Gasteiger partial charge in [0, 0.05) is 17.5 Å². The molecule has 0 atom stereocenters. The van der Waals surface area contributed by atoms with E-state index in [4.69, 9.17) is 9.31 Å². The number of aromatic amines is 1. The Bertz CT molecular complexity index is 1090. The third-order valence-electron chi connectivity index (χ3n) is 9.34. The Labute approximate surface area is 280 Å². The number of aromatic nitrogens is 1. The van der Waals surface area contributed by atoms with E-state index in [9.17, 15) is 8.63 Å². The minimum Gasteiger partial charge on any atom is -0.626 e. The molecule has 1 N–H and O–H groups in total. The zero-order valence-corrected chi connectivity index (χ0v) is 29.4. The number of hydrogen-bond acceptors (Lipinski definition) is 3. The summed E-state index contributed by atoms with van der Waals surface area (Å²) in [6, 6.07) is 3.81. The SMILES string of the molecule is CCCCCCCCCCCCCCC1=N/C(=C2/C=C(c3ccc(CCCCCCCCCCCCCC)[nH]3)O[B-](F)(F)O2)C=C1. The third kappa shape index (κ3) is 16.0. The van der Waals surface area contributed by atoms with Crippen LogP contribution in [0.5, 0.6) is 0 Å². The molecule has 0 saturated heterocycles. The molecule has 260 valence electrons. The number of rotatable bonds is 27. The van der Waals surface area contributed by atoms with Gasteiger partial charge < -0.3 is 22.9 Å². The molecule has 0 fully saturated rings. The summed E-state index contributed by atoms with van der Waals surface area (Å²) in [5.41, 5.74) is 2.98. The number of unbranched alkanes of at least 4 members (excludes halogenated alkanes) is 22. The monoisotopic (exact) mass is 642 g/mol. The fourth-order valence-corrected chi connectivity index (χ4v) is 6.50. The number of nitrogens with one attached hydrogen (secondary N) is 1. The van der Waals surface area contributed by atoms with Crippen LogP contribution in [0.1, 0.15) is 186 Å². The zero-order valence-electron chi connectivity index (χ0n) is 29.4. The van der Waals surface area contributed by atoms with Crippen LogP contribution in [0, 0.1) is 0 Å². The fourth-order valence-electron chi connectivity index (χ4n) is 6.50. The second-order valence-corrected chi connectivity index (χ2v) is 13.6. The molecule has 4 nitrogen and oxygen atoms in total. The maximum atomic E-state index is 14.5. The van der Waals surface area contributed by atoms with Gasteiger partial charge in [-0.3, -0.25) is 0 Å². The van der Waals surface area contributed by atoms with Crippen LogP contribution in [0.25, 0.3) is 5.76 Å². The minimum absolute atomic E-state index is 0.0734. The predicted molar refractivity (Wildman–Crippen MR) is 193 cm³/mol. The van der Waals surface area contributed by atoms with E-state index in [2.05, 4.69) is 23.8 Å². The van der Waals surface area contributed by atoms with Crippen molar-refractivity contribution in [3.05, 3.63) is 53.2 Å². The molecule has 0 bridgehead atoms. The molecule has 0 saturated carbocycles. The lowest BCUT2D eigenvalue weighted by molar-refractivity contribution is 0.171. The Morgan fingerprint density at radius 1 is 0.587 bits per heavy atom. The number of halogens is 2. The Hall–Kier alpha value is -2.31. The third-order valence-corrected chi connectivity index (χ3v) is 9.34. The van der Waals surface area contributed by atoms with Gasteiger partial charge in [0.25, 0.3) is 0 Å². The van der Waals surface area contributed by atoms with E-state index in [0.717, 1.165) is 37.1 Å². The fraction of sp³-hybridized carbons (Fsp3) is 0.718. The molecule has 0 aliphatic carbocycles. The van der Waals surface area contributed by atoms with Crippen molar-refractivity contribution < 1.29 is 17.9 Å². The van der Waals surface area contributed by atoms with Crippen LogP contribution >= 0.6 is 0 Å². The van der Waals surface area contributed by atoms with Crippen molar-refractivity contribution in [2.45, 2.75) is 181 Å². The number of H-pyrrole nitrogens is 1. The van der Waals surface area contributed by atoms with Crippen LogP contribution in [-0.4, -0.2) is 17.8 Å². The number of aryl methyl sites for hydroxylation is 1. The van der Waals surface area contributed by atoms with E-state index in [1.807, 2.05) is 18.2 Å². The molecule has 1 aromatic heterocycles. The Morgan fingerprint density at radius 3 is 1.59 bits per heavy atom. The second kappa shape index (κ2) is 23.1. The first kappa shape index (κ1) is 38.1. The van der Waals surface area contributed by atoms with Crippen molar-refractivity contribution in [1.29, 1.82) is 0 Å². The second-order valence-electron chi connectivity index (χ2n) is 13.6. The summed E-state index contributed by atoms with van der Waals surface area (Å²) >= 11 is 0. The van der Waals surface area contributed by atoms with Gasteiger partial charge in [0.05, 0.1) is 5.69 Å². The highest BCUT2D eigenvalue weighted by Crippen LogP contribution is 2.34. The molecule has 0 aromatic carbocycles. The molecular formula is C39H64BF2N2O2-. The van der Waals surface area contributed by atoms with Crippen LogP contribution in [0.3, 0.4) is 0 Å². The lowest BCUT2D eigenvalue weighted by Gasteiger charge is -2.34. The first-order valence-electron chi connectivity index (χ1n) is 19.3. The Kier molecular flexibility index (Phi) is 19.1. The van der Waals surface area contributed by atoms with E-state index < -0.39 is 7.11 Å². The van der Waals surface area contributed by atoms with Crippen molar-refractivity contribution >= 4 is 18.6 Å². The van der Waals surface area contributed by atoms with Crippen LogP contribution < -0.4 is 0 Å². The summed E-state index contributed by atoms with van der Waals surface area (Å²) in [6.07, 6.45) is 38.5. The highest BCUT2D eigenvalue weighted by atomic mass is 19.3. The highest BCUT2D eigenvalue weighted by molar-refractivity contribution is 6.53. The van der Waals surface area contributed by atoms with E-state index >= 15 is 0 Å². The summed E-state index contributed by atoms with van der Waals surface area (Å²) in [6.45, 7) is 4.53. The predicted octanol–water partition coefficient (Wildman–Crippen LogP) is 13.3. The molecule has 7 heteroatoms. The van der Waals surface area contributed by atoms with Crippen LogP contribution in [0.4, 0.5) is 8.63 Å². The van der Waals surface area contributed by atoms with Crippen LogP contribution in [-0.2, 0) is 15.7 Å². The standard InChI is InChI=1S/C39H64BF2N2O2/c1-3-5-7-9-11-13-15-17-19-21-23-25-27-34-29-31-36(43-34)38-33-39(46-40(41,42)45-38)37-32-30-35(44-37)28-26-24-22-20-18-16-14-12-10-8-6-4-2/h29-33,43H,3-28H2,1-2H3/q-1/b39-37-. The van der Waals surface area contributed by atoms with Gasteiger partial charge in [0.2, 0.25) is 0 Å². The summed E-state index contributed by atoms with van der Waals surface area (Å²) < 4.78 is 39.0. The molecule has 3 rings (SSSR count). The van der Waals surface area contributed by atoms with Gasteiger partial charge in [0.1, 0.15) is 17.2 Å². The van der Waals surface area contributed by atoms with Gasteiger partial charge in [-0.25, -0.2) is 4.99 Å². The number of allylic oxidation sites excluding steroid dienone is 3. The molecule has 1 aromatic rings. The van der Waals surface area contributed by atoms with E-state index in [1.54, 1.807) is 12.2 Å². The zero-order chi connectivity index (χ0) is 32.7. The molecule has 2 aliphatic rings. The quantitative estimate of drug-likeness (QED) is 0.0767. The molecule has 46 heavy (non-hydrogen) atoms. The first-order valence-corrected chi connectivity index (χ1v) is 19.3. The van der Waals surface area contributed by atoms with E-state index in [-0.39, 0.29) is 11.5 Å². The van der Waals surface area contributed by atoms with Gasteiger partial charge in [0.15, 0.2) is 0 Å². The average molecular weight is 642 g/mol. The van der Waals surface area contributed by atoms with Crippen molar-refractivity contribution in [1.82, 2.24) is 4.98 Å². The molecular weight excluding hydrogens is 577 g/mol. The number of nitrogens with zero attached hydrogens (tertiary/aromatic N) is 1.